The molecular formula is C15H25N5O. The van der Waals surface area contributed by atoms with E-state index in [4.69, 9.17) is 0 Å². The molecule has 1 aliphatic heterocycles. The van der Waals surface area contributed by atoms with Crippen LogP contribution in [0.2, 0.25) is 0 Å². The minimum absolute atomic E-state index is 0.0222. The molecule has 0 aliphatic carbocycles. The Bertz CT molecular complexity index is 471. The molecule has 1 saturated heterocycles. The van der Waals surface area contributed by atoms with E-state index >= 15 is 0 Å². The Labute approximate surface area is 126 Å². The van der Waals surface area contributed by atoms with Crippen LogP contribution in [0.1, 0.15) is 37.7 Å². The highest BCUT2D eigenvalue weighted by atomic mass is 16.2. The van der Waals surface area contributed by atoms with Gasteiger partial charge in [-0.1, -0.05) is 6.92 Å². The van der Waals surface area contributed by atoms with Crippen molar-refractivity contribution in [2.75, 3.05) is 38.0 Å². The standard InChI is InChI=1S/C15H25N5O/c1-4-12(3)19-6-8-20(9-7-19)15(21)13-10-16-11-14(18-13)17-5-2/h10-12H,4-9H2,1-3H3,(H,17,18). The lowest BCUT2D eigenvalue weighted by atomic mass is 10.2. The first kappa shape index (κ1) is 15.7. The van der Waals surface area contributed by atoms with E-state index < -0.39 is 0 Å². The maximum atomic E-state index is 12.5. The molecule has 0 radical (unpaired) electrons. The monoisotopic (exact) mass is 291 g/mol. The van der Waals surface area contributed by atoms with Crippen molar-refractivity contribution < 1.29 is 4.79 Å². The van der Waals surface area contributed by atoms with Crippen LogP contribution in [-0.4, -0.2) is 64.4 Å². The quantitative estimate of drug-likeness (QED) is 0.890. The highest BCUT2D eigenvalue weighted by molar-refractivity contribution is 5.92. The number of anilines is 1. The van der Waals surface area contributed by atoms with E-state index in [9.17, 15) is 4.79 Å². The number of amides is 1. The first-order valence-electron chi connectivity index (χ1n) is 7.75. The summed E-state index contributed by atoms with van der Waals surface area (Å²) in [4.78, 5) is 25.2. The second kappa shape index (κ2) is 7.36. The Morgan fingerprint density at radius 2 is 2.00 bits per heavy atom. The van der Waals surface area contributed by atoms with Gasteiger partial charge in [-0.3, -0.25) is 14.7 Å². The van der Waals surface area contributed by atoms with E-state index in [1.807, 2.05) is 11.8 Å². The van der Waals surface area contributed by atoms with E-state index in [-0.39, 0.29) is 5.91 Å². The zero-order valence-corrected chi connectivity index (χ0v) is 13.2. The molecule has 1 aromatic rings. The van der Waals surface area contributed by atoms with Crippen molar-refractivity contribution >= 4 is 11.7 Å². The molecule has 1 atom stereocenters. The smallest absolute Gasteiger partial charge is 0.274 e. The Morgan fingerprint density at radius 1 is 1.29 bits per heavy atom. The average Bonchev–Trinajstić information content (AvgIpc) is 2.54. The number of hydrogen-bond donors (Lipinski definition) is 1. The molecule has 21 heavy (non-hydrogen) atoms. The Kier molecular flexibility index (Phi) is 5.50. The maximum Gasteiger partial charge on any atom is 0.274 e. The van der Waals surface area contributed by atoms with Crippen LogP contribution in [0.4, 0.5) is 5.82 Å². The van der Waals surface area contributed by atoms with Crippen LogP contribution in [0.25, 0.3) is 0 Å². The lowest BCUT2D eigenvalue weighted by Gasteiger charge is -2.37. The van der Waals surface area contributed by atoms with Gasteiger partial charge in [0, 0.05) is 38.8 Å². The summed E-state index contributed by atoms with van der Waals surface area (Å²) in [5, 5.41) is 3.08. The van der Waals surface area contributed by atoms with Crippen LogP contribution in [0, 0.1) is 0 Å². The first-order valence-corrected chi connectivity index (χ1v) is 7.75. The van der Waals surface area contributed by atoms with Gasteiger partial charge < -0.3 is 10.2 Å². The molecule has 0 bridgehead atoms. The molecule has 116 valence electrons. The second-order valence-electron chi connectivity index (χ2n) is 5.41. The van der Waals surface area contributed by atoms with Crippen molar-refractivity contribution in [3.63, 3.8) is 0 Å². The van der Waals surface area contributed by atoms with Gasteiger partial charge in [0.15, 0.2) is 0 Å². The van der Waals surface area contributed by atoms with Crippen LogP contribution in [-0.2, 0) is 0 Å². The van der Waals surface area contributed by atoms with Crippen LogP contribution in [0.5, 0.6) is 0 Å². The van der Waals surface area contributed by atoms with Gasteiger partial charge in [-0.25, -0.2) is 4.98 Å². The largest absolute Gasteiger partial charge is 0.369 e. The van der Waals surface area contributed by atoms with Gasteiger partial charge in [0.25, 0.3) is 5.91 Å². The Balaban J connectivity index is 1.97. The summed E-state index contributed by atoms with van der Waals surface area (Å²) in [6, 6.07) is 0.583. The molecule has 1 fully saturated rings. The summed E-state index contributed by atoms with van der Waals surface area (Å²) >= 11 is 0. The van der Waals surface area contributed by atoms with Gasteiger partial charge in [0.2, 0.25) is 0 Å². The van der Waals surface area contributed by atoms with Crippen LogP contribution < -0.4 is 5.32 Å². The second-order valence-corrected chi connectivity index (χ2v) is 5.41. The molecule has 1 N–H and O–H groups in total. The minimum Gasteiger partial charge on any atom is -0.369 e. The average molecular weight is 291 g/mol. The number of hydrogen-bond acceptors (Lipinski definition) is 5. The topological polar surface area (TPSA) is 61.4 Å². The molecule has 2 rings (SSSR count). The van der Waals surface area contributed by atoms with E-state index in [0.717, 1.165) is 39.1 Å². The fraction of sp³-hybridized carbons (Fsp3) is 0.667. The third-order valence-electron chi connectivity index (χ3n) is 4.03. The van der Waals surface area contributed by atoms with Crippen molar-refractivity contribution in [1.29, 1.82) is 0 Å². The van der Waals surface area contributed by atoms with E-state index in [2.05, 4.69) is 34.0 Å². The number of rotatable bonds is 5. The summed E-state index contributed by atoms with van der Waals surface area (Å²) in [7, 11) is 0. The fourth-order valence-electron chi connectivity index (χ4n) is 2.52. The molecule has 6 nitrogen and oxygen atoms in total. The van der Waals surface area contributed by atoms with Crippen LogP contribution >= 0.6 is 0 Å². The van der Waals surface area contributed by atoms with Gasteiger partial charge in [-0.15, -0.1) is 0 Å². The molecule has 1 aromatic heterocycles. The summed E-state index contributed by atoms with van der Waals surface area (Å²) in [6.45, 7) is 10.6. The molecule has 1 unspecified atom stereocenters. The van der Waals surface area contributed by atoms with Crippen LogP contribution in [0.15, 0.2) is 12.4 Å². The molecule has 1 aliphatic rings. The van der Waals surface area contributed by atoms with E-state index in [1.165, 1.54) is 0 Å². The maximum absolute atomic E-state index is 12.5. The summed E-state index contributed by atoms with van der Waals surface area (Å²) in [5.74, 6) is 0.632. The first-order chi connectivity index (χ1) is 10.2. The fourth-order valence-corrected chi connectivity index (χ4v) is 2.52. The highest BCUT2D eigenvalue weighted by Gasteiger charge is 2.25. The highest BCUT2D eigenvalue weighted by Crippen LogP contribution is 2.11. The van der Waals surface area contributed by atoms with Gasteiger partial charge in [-0.2, -0.15) is 0 Å². The SMILES string of the molecule is CCNc1cncc(C(=O)N2CCN(C(C)CC)CC2)n1. The lowest BCUT2D eigenvalue weighted by Crippen LogP contribution is -2.51. The number of nitrogens with one attached hydrogen (secondary N) is 1. The molecule has 0 saturated carbocycles. The number of aromatic nitrogens is 2. The number of carbonyl (C=O) groups is 1. The number of carbonyl (C=O) groups excluding carboxylic acids is 1. The molecule has 0 aromatic carbocycles. The van der Waals surface area contributed by atoms with Crippen molar-refractivity contribution in [2.45, 2.75) is 33.2 Å². The molecule has 0 spiro atoms. The van der Waals surface area contributed by atoms with Gasteiger partial charge in [0.05, 0.1) is 12.4 Å². The van der Waals surface area contributed by atoms with Crippen molar-refractivity contribution in [1.82, 2.24) is 19.8 Å². The van der Waals surface area contributed by atoms with Crippen molar-refractivity contribution in [3.8, 4) is 0 Å². The van der Waals surface area contributed by atoms with Crippen molar-refractivity contribution in [2.24, 2.45) is 0 Å². The predicted molar refractivity (Wildman–Crippen MR) is 83.4 cm³/mol. The van der Waals surface area contributed by atoms with Gasteiger partial charge in [0.1, 0.15) is 11.5 Å². The van der Waals surface area contributed by atoms with Crippen molar-refractivity contribution in [3.05, 3.63) is 18.1 Å². The zero-order chi connectivity index (χ0) is 15.2. The lowest BCUT2D eigenvalue weighted by molar-refractivity contribution is 0.0574. The molecule has 6 heteroatoms. The molecular weight excluding hydrogens is 266 g/mol. The summed E-state index contributed by atoms with van der Waals surface area (Å²) in [5.41, 5.74) is 0.422. The van der Waals surface area contributed by atoms with E-state index in [1.54, 1.807) is 12.4 Å². The minimum atomic E-state index is -0.0222. The normalized spacial score (nSPS) is 17.6. The number of nitrogens with zero attached hydrogens (tertiary/aromatic N) is 4. The Morgan fingerprint density at radius 3 is 2.62 bits per heavy atom. The third-order valence-corrected chi connectivity index (χ3v) is 4.03. The molecule has 1 amide bonds. The van der Waals surface area contributed by atoms with Gasteiger partial charge >= 0.3 is 0 Å². The Hall–Kier alpha value is -1.69. The van der Waals surface area contributed by atoms with Gasteiger partial charge in [-0.05, 0) is 20.3 Å². The number of piperazine rings is 1. The summed E-state index contributed by atoms with van der Waals surface area (Å²) < 4.78 is 0. The van der Waals surface area contributed by atoms with Crippen LogP contribution in [0.3, 0.4) is 0 Å². The predicted octanol–water partition coefficient (Wildman–Crippen LogP) is 1.46. The molecule has 2 heterocycles. The third kappa shape index (κ3) is 3.91. The zero-order valence-electron chi connectivity index (χ0n) is 13.2. The summed E-state index contributed by atoms with van der Waals surface area (Å²) in [6.07, 6.45) is 4.33. The van der Waals surface area contributed by atoms with E-state index in [0.29, 0.717) is 17.6 Å².